The van der Waals surface area contributed by atoms with Crippen molar-refractivity contribution >= 4 is 5.69 Å². The number of aryl methyl sites for hydroxylation is 1. The van der Waals surface area contributed by atoms with Crippen LogP contribution in [0, 0.1) is 12.3 Å². The smallest absolute Gasteiger partial charge is 0.215 e. The molecule has 1 rings (SSSR count). The average molecular weight is 208 g/mol. The van der Waals surface area contributed by atoms with Crippen molar-refractivity contribution in [3.8, 4) is 5.88 Å². The molecule has 0 amide bonds. The molecule has 0 spiro atoms. The second kappa shape index (κ2) is 4.51. The maximum Gasteiger partial charge on any atom is 0.215 e. The molecule has 0 radical (unpaired) electrons. The van der Waals surface area contributed by atoms with Crippen molar-refractivity contribution in [1.29, 1.82) is 0 Å². The van der Waals surface area contributed by atoms with Crippen LogP contribution in [-0.2, 0) is 0 Å². The number of aromatic nitrogens is 1. The summed E-state index contributed by atoms with van der Waals surface area (Å²) < 4.78 is 5.53. The lowest BCUT2D eigenvalue weighted by Gasteiger charge is -2.17. The van der Waals surface area contributed by atoms with E-state index in [-0.39, 0.29) is 5.41 Å². The van der Waals surface area contributed by atoms with Crippen LogP contribution in [0.1, 0.15) is 32.8 Å². The van der Waals surface area contributed by atoms with Gasteiger partial charge in [0.15, 0.2) is 0 Å². The van der Waals surface area contributed by atoms with Gasteiger partial charge in [-0.15, -0.1) is 0 Å². The fourth-order valence-electron chi connectivity index (χ4n) is 1.06. The SMILES string of the molecule is Cc1cnc(OCCC(C)(C)C)cc1N. The minimum absolute atomic E-state index is 0.288. The summed E-state index contributed by atoms with van der Waals surface area (Å²) in [7, 11) is 0. The fraction of sp³-hybridized carbons (Fsp3) is 0.583. The lowest BCUT2D eigenvalue weighted by molar-refractivity contribution is 0.236. The second-order valence-corrected chi connectivity index (χ2v) is 5.04. The molecule has 0 fully saturated rings. The highest BCUT2D eigenvalue weighted by Crippen LogP contribution is 2.20. The molecule has 0 saturated heterocycles. The number of nitrogens with two attached hydrogens (primary N) is 1. The molecule has 0 aliphatic heterocycles. The molecule has 0 saturated carbocycles. The van der Waals surface area contributed by atoms with Crippen molar-refractivity contribution in [2.24, 2.45) is 5.41 Å². The standard InChI is InChI=1S/C12H20N2O/c1-9-8-14-11(7-10(9)13)15-6-5-12(2,3)4/h7-8H,5-6H2,1-4H3,(H2,13,14). The zero-order valence-corrected chi connectivity index (χ0v) is 10.0. The molecule has 0 bridgehead atoms. The number of ether oxygens (including phenoxy) is 1. The summed E-state index contributed by atoms with van der Waals surface area (Å²) in [5, 5.41) is 0. The van der Waals surface area contributed by atoms with Crippen molar-refractivity contribution < 1.29 is 4.74 Å². The van der Waals surface area contributed by atoms with Gasteiger partial charge in [-0.3, -0.25) is 0 Å². The first kappa shape index (κ1) is 11.8. The van der Waals surface area contributed by atoms with E-state index in [9.17, 15) is 0 Å². The molecule has 0 aromatic carbocycles. The van der Waals surface area contributed by atoms with Gasteiger partial charge in [0.1, 0.15) is 0 Å². The maximum absolute atomic E-state index is 5.76. The first-order valence-electron chi connectivity index (χ1n) is 5.23. The molecule has 0 unspecified atom stereocenters. The quantitative estimate of drug-likeness (QED) is 0.831. The molecule has 84 valence electrons. The molecule has 3 heteroatoms. The van der Waals surface area contributed by atoms with Crippen molar-refractivity contribution in [2.45, 2.75) is 34.1 Å². The van der Waals surface area contributed by atoms with E-state index in [4.69, 9.17) is 10.5 Å². The summed E-state index contributed by atoms with van der Waals surface area (Å²) in [5.74, 6) is 0.613. The fourth-order valence-corrected chi connectivity index (χ4v) is 1.06. The molecule has 0 aliphatic carbocycles. The van der Waals surface area contributed by atoms with Gasteiger partial charge in [0.05, 0.1) is 6.61 Å². The Bertz CT molecular complexity index is 329. The largest absolute Gasteiger partial charge is 0.478 e. The molecule has 15 heavy (non-hydrogen) atoms. The second-order valence-electron chi connectivity index (χ2n) is 5.04. The Morgan fingerprint density at radius 2 is 2.07 bits per heavy atom. The number of nitrogens with zero attached hydrogens (tertiary/aromatic N) is 1. The monoisotopic (exact) mass is 208 g/mol. The van der Waals surface area contributed by atoms with E-state index >= 15 is 0 Å². The summed E-state index contributed by atoms with van der Waals surface area (Å²) in [4.78, 5) is 4.16. The Kier molecular flexibility index (Phi) is 3.56. The van der Waals surface area contributed by atoms with Crippen LogP contribution in [0.15, 0.2) is 12.3 Å². The highest BCUT2D eigenvalue weighted by atomic mass is 16.5. The first-order valence-corrected chi connectivity index (χ1v) is 5.23. The van der Waals surface area contributed by atoms with Gasteiger partial charge in [-0.05, 0) is 24.3 Å². The molecular weight excluding hydrogens is 188 g/mol. The summed E-state index contributed by atoms with van der Waals surface area (Å²) >= 11 is 0. The van der Waals surface area contributed by atoms with Gasteiger partial charge in [0.2, 0.25) is 5.88 Å². The minimum Gasteiger partial charge on any atom is -0.478 e. The van der Waals surface area contributed by atoms with Crippen molar-refractivity contribution in [1.82, 2.24) is 4.98 Å². The number of pyridine rings is 1. The van der Waals surface area contributed by atoms with Crippen LogP contribution in [0.5, 0.6) is 5.88 Å². The van der Waals surface area contributed by atoms with Gasteiger partial charge in [0, 0.05) is 18.0 Å². The van der Waals surface area contributed by atoms with Gasteiger partial charge in [-0.1, -0.05) is 20.8 Å². The summed E-state index contributed by atoms with van der Waals surface area (Å²) in [6.07, 6.45) is 2.74. The van der Waals surface area contributed by atoms with Gasteiger partial charge >= 0.3 is 0 Å². The third-order valence-electron chi connectivity index (χ3n) is 2.22. The normalized spacial score (nSPS) is 11.5. The predicted molar refractivity (Wildman–Crippen MR) is 63.0 cm³/mol. The zero-order chi connectivity index (χ0) is 11.5. The lowest BCUT2D eigenvalue weighted by Crippen LogP contribution is -2.11. The van der Waals surface area contributed by atoms with E-state index in [1.54, 1.807) is 12.3 Å². The van der Waals surface area contributed by atoms with E-state index in [1.165, 1.54) is 0 Å². The van der Waals surface area contributed by atoms with Gasteiger partial charge in [-0.25, -0.2) is 4.98 Å². The van der Waals surface area contributed by atoms with Crippen molar-refractivity contribution in [3.05, 3.63) is 17.8 Å². The Labute approximate surface area is 91.7 Å². The molecule has 1 aromatic heterocycles. The minimum atomic E-state index is 0.288. The summed E-state index contributed by atoms with van der Waals surface area (Å²) in [6.45, 7) is 9.17. The van der Waals surface area contributed by atoms with Crippen LogP contribution in [0.2, 0.25) is 0 Å². The summed E-state index contributed by atoms with van der Waals surface area (Å²) in [6, 6.07) is 1.78. The Morgan fingerprint density at radius 3 is 2.60 bits per heavy atom. The van der Waals surface area contributed by atoms with Crippen LogP contribution in [0.3, 0.4) is 0 Å². The molecule has 1 aromatic rings. The Balaban J connectivity index is 2.48. The topological polar surface area (TPSA) is 48.1 Å². The van der Waals surface area contributed by atoms with Crippen LogP contribution in [-0.4, -0.2) is 11.6 Å². The Hall–Kier alpha value is -1.25. The van der Waals surface area contributed by atoms with E-state index in [2.05, 4.69) is 25.8 Å². The van der Waals surface area contributed by atoms with Gasteiger partial charge in [0.25, 0.3) is 0 Å². The van der Waals surface area contributed by atoms with E-state index < -0.39 is 0 Å². The molecule has 1 heterocycles. The molecule has 3 nitrogen and oxygen atoms in total. The lowest BCUT2D eigenvalue weighted by atomic mass is 9.93. The molecule has 0 atom stereocenters. The highest BCUT2D eigenvalue weighted by Gasteiger charge is 2.10. The maximum atomic E-state index is 5.76. The van der Waals surface area contributed by atoms with Gasteiger partial charge < -0.3 is 10.5 Å². The van der Waals surface area contributed by atoms with Crippen LogP contribution in [0.25, 0.3) is 0 Å². The number of anilines is 1. The van der Waals surface area contributed by atoms with E-state index in [1.807, 2.05) is 6.92 Å². The number of hydrogen-bond acceptors (Lipinski definition) is 3. The Morgan fingerprint density at radius 1 is 1.40 bits per heavy atom. The highest BCUT2D eigenvalue weighted by molar-refractivity contribution is 5.47. The molecular formula is C12H20N2O. The van der Waals surface area contributed by atoms with E-state index in [0.717, 1.165) is 17.7 Å². The third kappa shape index (κ3) is 4.19. The summed E-state index contributed by atoms with van der Waals surface area (Å²) in [5.41, 5.74) is 7.76. The predicted octanol–water partition coefficient (Wildman–Crippen LogP) is 2.79. The van der Waals surface area contributed by atoms with Crippen LogP contribution >= 0.6 is 0 Å². The van der Waals surface area contributed by atoms with Gasteiger partial charge in [-0.2, -0.15) is 0 Å². The first-order chi connectivity index (χ1) is 6.88. The third-order valence-corrected chi connectivity index (χ3v) is 2.22. The van der Waals surface area contributed by atoms with Crippen LogP contribution < -0.4 is 10.5 Å². The van der Waals surface area contributed by atoms with E-state index in [0.29, 0.717) is 12.5 Å². The number of nitrogen functional groups attached to an aromatic ring is 1. The van der Waals surface area contributed by atoms with Crippen molar-refractivity contribution in [2.75, 3.05) is 12.3 Å². The van der Waals surface area contributed by atoms with Crippen molar-refractivity contribution in [3.63, 3.8) is 0 Å². The zero-order valence-electron chi connectivity index (χ0n) is 10.0. The average Bonchev–Trinajstić information content (AvgIpc) is 2.09. The number of rotatable bonds is 3. The number of hydrogen-bond donors (Lipinski definition) is 1. The van der Waals surface area contributed by atoms with Crippen LogP contribution in [0.4, 0.5) is 5.69 Å². The molecule has 0 aliphatic rings. The molecule has 2 N–H and O–H groups in total.